The molecule has 1 saturated carbocycles. The molecule has 3 heteroatoms. The highest BCUT2D eigenvalue weighted by atomic mass is 19.1. The van der Waals surface area contributed by atoms with Crippen molar-refractivity contribution in [1.82, 2.24) is 5.32 Å². The molecule has 1 aliphatic rings. The molecule has 16 heavy (non-hydrogen) atoms. The average molecular weight is 223 g/mol. The molecule has 2 N–H and O–H groups in total. The molecule has 0 radical (unpaired) electrons. The van der Waals surface area contributed by atoms with Crippen LogP contribution in [0, 0.1) is 5.82 Å². The maximum Gasteiger partial charge on any atom is 0.127 e. The van der Waals surface area contributed by atoms with Crippen LogP contribution < -0.4 is 5.32 Å². The van der Waals surface area contributed by atoms with Crippen LogP contribution >= 0.6 is 0 Å². The van der Waals surface area contributed by atoms with Crippen molar-refractivity contribution < 1.29 is 9.50 Å². The van der Waals surface area contributed by atoms with E-state index >= 15 is 0 Å². The smallest absolute Gasteiger partial charge is 0.127 e. The highest BCUT2D eigenvalue weighted by Gasteiger charge is 2.18. The Hall–Kier alpha value is -0.930. The number of rotatable bonds is 3. The van der Waals surface area contributed by atoms with Gasteiger partial charge in [0.25, 0.3) is 0 Å². The summed E-state index contributed by atoms with van der Waals surface area (Å²) in [5, 5.41) is 12.7. The monoisotopic (exact) mass is 223 g/mol. The Labute approximate surface area is 95.5 Å². The highest BCUT2D eigenvalue weighted by Crippen LogP contribution is 2.18. The van der Waals surface area contributed by atoms with E-state index in [9.17, 15) is 9.50 Å². The van der Waals surface area contributed by atoms with Crippen LogP contribution in [0.25, 0.3) is 0 Å². The number of aliphatic hydroxyl groups is 1. The highest BCUT2D eigenvalue weighted by molar-refractivity contribution is 5.17. The Bertz CT molecular complexity index is 334. The van der Waals surface area contributed by atoms with Crippen molar-refractivity contribution in [3.05, 3.63) is 35.6 Å². The second-order valence-electron chi connectivity index (χ2n) is 4.48. The SMILES string of the molecule is OC1CCC(NCc2ccccc2F)CC1. The molecule has 1 aromatic carbocycles. The molecule has 0 aliphatic heterocycles. The fraction of sp³-hybridized carbons (Fsp3) is 0.538. The molecular formula is C13H18FNO. The minimum Gasteiger partial charge on any atom is -0.393 e. The molecule has 0 unspecified atom stereocenters. The van der Waals surface area contributed by atoms with E-state index in [0.29, 0.717) is 18.2 Å². The molecule has 0 bridgehead atoms. The summed E-state index contributed by atoms with van der Waals surface area (Å²) < 4.78 is 13.3. The molecule has 0 spiro atoms. The molecule has 0 heterocycles. The van der Waals surface area contributed by atoms with Gasteiger partial charge in [-0.05, 0) is 31.7 Å². The average Bonchev–Trinajstić information content (AvgIpc) is 2.30. The van der Waals surface area contributed by atoms with E-state index in [2.05, 4.69) is 5.32 Å². The van der Waals surface area contributed by atoms with Crippen LogP contribution in [0.3, 0.4) is 0 Å². The minimum atomic E-state index is -0.147. The number of aliphatic hydroxyl groups excluding tert-OH is 1. The Kier molecular flexibility index (Phi) is 3.91. The standard InChI is InChI=1S/C13H18FNO/c14-13-4-2-1-3-10(13)9-15-11-5-7-12(16)8-6-11/h1-4,11-12,15-16H,5-9H2. The molecule has 2 rings (SSSR count). The zero-order valence-corrected chi connectivity index (χ0v) is 9.32. The van der Waals surface area contributed by atoms with Gasteiger partial charge in [-0.1, -0.05) is 18.2 Å². The van der Waals surface area contributed by atoms with Crippen molar-refractivity contribution in [2.45, 2.75) is 44.4 Å². The summed E-state index contributed by atoms with van der Waals surface area (Å²) in [7, 11) is 0. The van der Waals surface area contributed by atoms with Crippen molar-refractivity contribution in [2.75, 3.05) is 0 Å². The van der Waals surface area contributed by atoms with E-state index in [1.807, 2.05) is 6.07 Å². The van der Waals surface area contributed by atoms with Crippen molar-refractivity contribution in [3.8, 4) is 0 Å². The van der Waals surface area contributed by atoms with Crippen LogP contribution in [0.15, 0.2) is 24.3 Å². The zero-order chi connectivity index (χ0) is 11.4. The lowest BCUT2D eigenvalue weighted by Gasteiger charge is -2.26. The second kappa shape index (κ2) is 5.41. The molecule has 0 saturated heterocycles. The van der Waals surface area contributed by atoms with Crippen LogP contribution in [0.1, 0.15) is 31.2 Å². The van der Waals surface area contributed by atoms with E-state index in [-0.39, 0.29) is 11.9 Å². The van der Waals surface area contributed by atoms with E-state index in [1.165, 1.54) is 6.07 Å². The predicted octanol–water partition coefficient (Wildman–Crippen LogP) is 2.22. The van der Waals surface area contributed by atoms with Gasteiger partial charge in [0, 0.05) is 18.2 Å². The summed E-state index contributed by atoms with van der Waals surface area (Å²) >= 11 is 0. The van der Waals surface area contributed by atoms with E-state index in [0.717, 1.165) is 25.7 Å². The molecular weight excluding hydrogens is 205 g/mol. The maximum absolute atomic E-state index is 13.3. The quantitative estimate of drug-likeness (QED) is 0.823. The lowest BCUT2D eigenvalue weighted by molar-refractivity contribution is 0.116. The fourth-order valence-electron chi connectivity index (χ4n) is 2.18. The van der Waals surface area contributed by atoms with E-state index in [1.54, 1.807) is 12.1 Å². The van der Waals surface area contributed by atoms with Crippen LogP contribution in [-0.2, 0) is 6.54 Å². The summed E-state index contributed by atoms with van der Waals surface area (Å²) in [6, 6.07) is 7.27. The van der Waals surface area contributed by atoms with Gasteiger partial charge in [0.1, 0.15) is 5.82 Å². The first-order valence-electron chi connectivity index (χ1n) is 5.90. The summed E-state index contributed by atoms with van der Waals surface area (Å²) in [6.45, 7) is 0.577. The largest absolute Gasteiger partial charge is 0.393 e. The van der Waals surface area contributed by atoms with Gasteiger partial charge < -0.3 is 10.4 Å². The molecule has 2 nitrogen and oxygen atoms in total. The lowest BCUT2D eigenvalue weighted by Crippen LogP contribution is -2.34. The molecule has 0 atom stereocenters. The lowest BCUT2D eigenvalue weighted by atomic mass is 9.93. The molecule has 0 amide bonds. The first-order valence-corrected chi connectivity index (χ1v) is 5.90. The van der Waals surface area contributed by atoms with Crippen LogP contribution in [-0.4, -0.2) is 17.3 Å². The second-order valence-corrected chi connectivity index (χ2v) is 4.48. The first-order chi connectivity index (χ1) is 7.75. The Morgan fingerprint density at radius 2 is 1.88 bits per heavy atom. The minimum absolute atomic E-state index is 0.133. The van der Waals surface area contributed by atoms with Gasteiger partial charge in [-0.15, -0.1) is 0 Å². The van der Waals surface area contributed by atoms with Gasteiger partial charge >= 0.3 is 0 Å². The van der Waals surface area contributed by atoms with Crippen molar-refractivity contribution in [1.29, 1.82) is 0 Å². The van der Waals surface area contributed by atoms with Gasteiger partial charge in [0.2, 0.25) is 0 Å². The Morgan fingerprint density at radius 3 is 2.56 bits per heavy atom. The predicted molar refractivity (Wildman–Crippen MR) is 61.5 cm³/mol. The van der Waals surface area contributed by atoms with Crippen molar-refractivity contribution in [2.24, 2.45) is 0 Å². The molecule has 1 aliphatic carbocycles. The van der Waals surface area contributed by atoms with Crippen molar-refractivity contribution >= 4 is 0 Å². The summed E-state index contributed by atoms with van der Waals surface area (Å²) in [4.78, 5) is 0. The number of nitrogens with one attached hydrogen (secondary N) is 1. The zero-order valence-electron chi connectivity index (χ0n) is 9.32. The number of hydrogen-bond acceptors (Lipinski definition) is 2. The summed E-state index contributed by atoms with van der Waals surface area (Å²) in [6.07, 6.45) is 3.54. The first kappa shape index (κ1) is 11.6. The third-order valence-electron chi connectivity index (χ3n) is 3.24. The van der Waals surface area contributed by atoms with Crippen molar-refractivity contribution in [3.63, 3.8) is 0 Å². The molecule has 1 fully saturated rings. The fourth-order valence-corrected chi connectivity index (χ4v) is 2.18. The summed E-state index contributed by atoms with van der Waals surface area (Å²) in [5.74, 6) is -0.147. The van der Waals surface area contributed by atoms with Crippen LogP contribution in [0.4, 0.5) is 4.39 Å². The third-order valence-corrected chi connectivity index (χ3v) is 3.24. The van der Waals surface area contributed by atoms with E-state index < -0.39 is 0 Å². The van der Waals surface area contributed by atoms with Crippen LogP contribution in [0.2, 0.25) is 0 Å². The summed E-state index contributed by atoms with van der Waals surface area (Å²) in [5.41, 5.74) is 0.716. The maximum atomic E-state index is 13.3. The van der Waals surface area contributed by atoms with Crippen LogP contribution in [0.5, 0.6) is 0 Å². The molecule has 1 aromatic rings. The Balaban J connectivity index is 1.81. The Morgan fingerprint density at radius 1 is 1.19 bits per heavy atom. The number of benzene rings is 1. The number of halogens is 1. The molecule has 88 valence electrons. The van der Waals surface area contributed by atoms with Gasteiger partial charge in [0.05, 0.1) is 6.10 Å². The molecule has 0 aromatic heterocycles. The van der Waals surface area contributed by atoms with Gasteiger partial charge in [-0.25, -0.2) is 4.39 Å². The normalized spacial score (nSPS) is 25.6. The topological polar surface area (TPSA) is 32.3 Å². The van der Waals surface area contributed by atoms with Gasteiger partial charge in [-0.3, -0.25) is 0 Å². The number of hydrogen-bond donors (Lipinski definition) is 2. The third kappa shape index (κ3) is 3.03. The van der Waals surface area contributed by atoms with Gasteiger partial charge in [0.15, 0.2) is 0 Å². The van der Waals surface area contributed by atoms with Gasteiger partial charge in [-0.2, -0.15) is 0 Å². The van der Waals surface area contributed by atoms with E-state index in [4.69, 9.17) is 0 Å².